The molecule has 4 nitrogen and oxygen atoms in total. The molecule has 1 aromatic carbocycles. The number of piperazine rings is 1. The van der Waals surface area contributed by atoms with Crippen molar-refractivity contribution in [1.29, 1.82) is 0 Å². The first-order valence-corrected chi connectivity index (χ1v) is 7.55. The molecule has 2 heterocycles. The van der Waals surface area contributed by atoms with Gasteiger partial charge in [0.25, 0.3) is 0 Å². The number of nitrogens with zero attached hydrogens (tertiary/aromatic N) is 3. The van der Waals surface area contributed by atoms with Gasteiger partial charge in [-0.3, -0.25) is 4.90 Å². The molecule has 1 atom stereocenters. The Kier molecular flexibility index (Phi) is 4.65. The van der Waals surface area contributed by atoms with E-state index in [1.54, 1.807) is 12.3 Å². The van der Waals surface area contributed by atoms with Gasteiger partial charge >= 0.3 is 0 Å². The van der Waals surface area contributed by atoms with Gasteiger partial charge in [0, 0.05) is 38.9 Å². The van der Waals surface area contributed by atoms with Crippen molar-refractivity contribution < 1.29 is 9.50 Å². The number of aliphatic hydroxyl groups excluding tert-OH is 1. The van der Waals surface area contributed by atoms with Crippen molar-refractivity contribution in [2.75, 3.05) is 37.6 Å². The zero-order valence-corrected chi connectivity index (χ0v) is 12.4. The minimum absolute atomic E-state index is 0.278. The average molecular weight is 301 g/mol. The van der Waals surface area contributed by atoms with Gasteiger partial charge in [0.05, 0.1) is 6.10 Å². The molecule has 1 N–H and O–H groups in total. The fourth-order valence-corrected chi connectivity index (χ4v) is 2.78. The molecular weight excluding hydrogens is 281 g/mol. The molecule has 0 aliphatic carbocycles. The number of aliphatic hydroxyl groups is 1. The van der Waals surface area contributed by atoms with E-state index in [0.29, 0.717) is 12.4 Å². The van der Waals surface area contributed by atoms with Gasteiger partial charge in [-0.25, -0.2) is 9.37 Å². The SMILES string of the molecule is OC(CN1CCN(c2ncccc2F)CC1)c1ccccc1. The highest BCUT2D eigenvalue weighted by atomic mass is 19.1. The number of aromatic nitrogens is 1. The third-order valence-corrected chi connectivity index (χ3v) is 4.03. The highest BCUT2D eigenvalue weighted by molar-refractivity contribution is 5.40. The summed E-state index contributed by atoms with van der Waals surface area (Å²) in [4.78, 5) is 8.28. The van der Waals surface area contributed by atoms with E-state index in [9.17, 15) is 9.50 Å². The van der Waals surface area contributed by atoms with Crippen LogP contribution in [0.2, 0.25) is 0 Å². The normalized spacial score (nSPS) is 17.5. The molecule has 0 saturated carbocycles. The number of rotatable bonds is 4. The third-order valence-electron chi connectivity index (χ3n) is 4.03. The largest absolute Gasteiger partial charge is 0.387 e. The molecule has 1 aliphatic heterocycles. The molecule has 2 aromatic rings. The van der Waals surface area contributed by atoms with Crippen LogP contribution in [0.4, 0.5) is 10.2 Å². The predicted octanol–water partition coefficient (Wildman–Crippen LogP) is 2.08. The molecule has 1 fully saturated rings. The van der Waals surface area contributed by atoms with Crippen molar-refractivity contribution in [2.45, 2.75) is 6.10 Å². The Balaban J connectivity index is 1.55. The Morgan fingerprint density at radius 3 is 2.45 bits per heavy atom. The van der Waals surface area contributed by atoms with Crippen LogP contribution < -0.4 is 4.90 Å². The van der Waals surface area contributed by atoms with E-state index in [4.69, 9.17) is 0 Å². The average Bonchev–Trinajstić information content (AvgIpc) is 2.57. The standard InChI is InChI=1S/C17H20FN3O/c18-15-7-4-8-19-17(15)21-11-9-20(10-12-21)13-16(22)14-5-2-1-3-6-14/h1-8,16,22H,9-13H2. The Morgan fingerprint density at radius 2 is 1.77 bits per heavy atom. The lowest BCUT2D eigenvalue weighted by Gasteiger charge is -2.36. The summed E-state index contributed by atoms with van der Waals surface area (Å²) in [6, 6.07) is 12.7. The lowest BCUT2D eigenvalue weighted by atomic mass is 10.1. The summed E-state index contributed by atoms with van der Waals surface area (Å²) in [7, 11) is 0. The number of hydrogen-bond acceptors (Lipinski definition) is 4. The lowest BCUT2D eigenvalue weighted by molar-refractivity contribution is 0.109. The fraction of sp³-hybridized carbons (Fsp3) is 0.353. The van der Waals surface area contributed by atoms with Crippen molar-refractivity contribution in [3.63, 3.8) is 0 Å². The molecule has 22 heavy (non-hydrogen) atoms. The maximum Gasteiger partial charge on any atom is 0.165 e. The second-order valence-electron chi connectivity index (χ2n) is 5.52. The number of halogens is 1. The topological polar surface area (TPSA) is 39.6 Å². The van der Waals surface area contributed by atoms with Crippen molar-refractivity contribution in [2.24, 2.45) is 0 Å². The van der Waals surface area contributed by atoms with Crippen LogP contribution in [0.5, 0.6) is 0 Å². The first-order valence-electron chi connectivity index (χ1n) is 7.55. The van der Waals surface area contributed by atoms with Gasteiger partial charge in [0.15, 0.2) is 11.6 Å². The van der Waals surface area contributed by atoms with E-state index in [1.807, 2.05) is 35.2 Å². The van der Waals surface area contributed by atoms with Crippen molar-refractivity contribution in [3.05, 3.63) is 60.0 Å². The lowest BCUT2D eigenvalue weighted by Crippen LogP contribution is -2.48. The Hall–Kier alpha value is -1.98. The molecule has 1 unspecified atom stereocenters. The summed E-state index contributed by atoms with van der Waals surface area (Å²) in [6.45, 7) is 3.62. The van der Waals surface area contributed by atoms with Gasteiger partial charge in [-0.05, 0) is 17.7 Å². The number of anilines is 1. The number of hydrogen-bond donors (Lipinski definition) is 1. The molecule has 1 saturated heterocycles. The maximum atomic E-state index is 13.7. The van der Waals surface area contributed by atoms with Gasteiger partial charge in [0.1, 0.15) is 0 Å². The van der Waals surface area contributed by atoms with Gasteiger partial charge in [0.2, 0.25) is 0 Å². The van der Waals surface area contributed by atoms with Crippen LogP contribution >= 0.6 is 0 Å². The summed E-state index contributed by atoms with van der Waals surface area (Å²) in [5.74, 6) is 0.144. The Bertz CT molecular complexity index is 600. The zero-order valence-electron chi connectivity index (χ0n) is 12.4. The molecule has 0 bridgehead atoms. The highest BCUT2D eigenvalue weighted by Gasteiger charge is 2.22. The molecule has 3 rings (SSSR count). The van der Waals surface area contributed by atoms with Gasteiger partial charge in [-0.1, -0.05) is 30.3 Å². The number of β-amino-alcohol motifs (C(OH)–C–C–N with tert-alkyl or cyclic N) is 1. The van der Waals surface area contributed by atoms with Crippen LogP contribution in [0.1, 0.15) is 11.7 Å². The van der Waals surface area contributed by atoms with Gasteiger partial charge in [-0.2, -0.15) is 0 Å². The molecule has 0 spiro atoms. The molecule has 1 aliphatic rings. The Morgan fingerprint density at radius 1 is 1.05 bits per heavy atom. The van der Waals surface area contributed by atoms with Crippen molar-refractivity contribution >= 4 is 5.82 Å². The third kappa shape index (κ3) is 3.43. The molecule has 0 amide bonds. The molecule has 0 radical (unpaired) electrons. The second-order valence-corrected chi connectivity index (χ2v) is 5.52. The minimum atomic E-state index is -0.487. The molecule has 1 aromatic heterocycles. The van der Waals surface area contributed by atoms with Gasteiger partial charge in [-0.15, -0.1) is 0 Å². The first-order chi connectivity index (χ1) is 10.7. The number of pyridine rings is 1. The molecule has 116 valence electrons. The smallest absolute Gasteiger partial charge is 0.165 e. The summed E-state index contributed by atoms with van der Waals surface area (Å²) in [6.07, 6.45) is 1.13. The fourth-order valence-electron chi connectivity index (χ4n) is 2.78. The van der Waals surface area contributed by atoms with E-state index < -0.39 is 6.10 Å². The van der Waals surface area contributed by atoms with Crippen LogP contribution in [0.15, 0.2) is 48.7 Å². The summed E-state index contributed by atoms with van der Waals surface area (Å²) in [5.41, 5.74) is 0.931. The van der Waals surface area contributed by atoms with Crippen LogP contribution in [0.3, 0.4) is 0 Å². The van der Waals surface area contributed by atoms with Crippen LogP contribution in [0.25, 0.3) is 0 Å². The first kappa shape index (κ1) is 14.9. The van der Waals surface area contributed by atoms with Crippen molar-refractivity contribution in [3.8, 4) is 0 Å². The van der Waals surface area contributed by atoms with Crippen molar-refractivity contribution in [1.82, 2.24) is 9.88 Å². The predicted molar refractivity (Wildman–Crippen MR) is 84.2 cm³/mol. The van der Waals surface area contributed by atoms with E-state index in [1.165, 1.54) is 6.07 Å². The van der Waals surface area contributed by atoms with E-state index in [0.717, 1.165) is 31.7 Å². The Labute approximate surface area is 129 Å². The minimum Gasteiger partial charge on any atom is -0.387 e. The zero-order chi connectivity index (χ0) is 15.4. The molecular formula is C17H20FN3O. The second kappa shape index (κ2) is 6.85. The van der Waals surface area contributed by atoms with Crippen LogP contribution in [-0.2, 0) is 0 Å². The highest BCUT2D eigenvalue weighted by Crippen LogP contribution is 2.19. The quantitative estimate of drug-likeness (QED) is 0.938. The summed E-state index contributed by atoms with van der Waals surface area (Å²) >= 11 is 0. The van der Waals surface area contributed by atoms with Crippen LogP contribution in [-0.4, -0.2) is 47.7 Å². The summed E-state index contributed by atoms with van der Waals surface area (Å²) < 4.78 is 13.7. The maximum absolute atomic E-state index is 13.7. The van der Waals surface area contributed by atoms with Gasteiger partial charge < -0.3 is 10.0 Å². The molecule has 5 heteroatoms. The van der Waals surface area contributed by atoms with E-state index in [2.05, 4.69) is 9.88 Å². The monoisotopic (exact) mass is 301 g/mol. The number of benzene rings is 1. The van der Waals surface area contributed by atoms with E-state index >= 15 is 0 Å². The van der Waals surface area contributed by atoms with Crippen LogP contribution in [0, 0.1) is 5.82 Å². The summed E-state index contributed by atoms with van der Waals surface area (Å²) in [5, 5.41) is 10.3. The van der Waals surface area contributed by atoms with E-state index in [-0.39, 0.29) is 5.82 Å².